The van der Waals surface area contributed by atoms with E-state index in [4.69, 9.17) is 0 Å². The second-order valence-corrected chi connectivity index (χ2v) is 6.57. The fraction of sp³-hybridized carbons (Fsp3) is 0.857. The van der Waals surface area contributed by atoms with Crippen LogP contribution in [-0.2, 0) is 9.59 Å². The summed E-state index contributed by atoms with van der Waals surface area (Å²) >= 11 is 1.70. The molecule has 0 saturated carbocycles. The molecule has 1 saturated heterocycles. The van der Waals surface area contributed by atoms with Crippen molar-refractivity contribution in [2.75, 3.05) is 18.6 Å². The molecule has 110 valence electrons. The van der Waals surface area contributed by atoms with Crippen LogP contribution in [0.25, 0.3) is 0 Å². The summed E-state index contributed by atoms with van der Waals surface area (Å²) in [4.78, 5) is 26.7. The molecule has 1 aliphatic heterocycles. The van der Waals surface area contributed by atoms with Crippen LogP contribution in [0.3, 0.4) is 0 Å². The van der Waals surface area contributed by atoms with Crippen LogP contribution in [0.4, 0.5) is 0 Å². The van der Waals surface area contributed by atoms with E-state index in [2.05, 4.69) is 12.2 Å². The van der Waals surface area contributed by atoms with Gasteiger partial charge in [0.15, 0.2) is 0 Å². The average Bonchev–Trinajstić information content (AvgIpc) is 2.37. The van der Waals surface area contributed by atoms with Gasteiger partial charge in [-0.05, 0) is 18.1 Å². The summed E-state index contributed by atoms with van der Waals surface area (Å²) in [7, 11) is 0. The van der Waals surface area contributed by atoms with Gasteiger partial charge in [0.25, 0.3) is 0 Å². The second-order valence-electron chi connectivity index (χ2n) is 5.59. The molecule has 19 heavy (non-hydrogen) atoms. The Balaban J connectivity index is 2.96. The number of carbonyl (C=O) groups is 2. The Morgan fingerprint density at radius 3 is 2.42 bits per heavy atom. The van der Waals surface area contributed by atoms with Crippen molar-refractivity contribution in [3.63, 3.8) is 0 Å². The van der Waals surface area contributed by atoms with Gasteiger partial charge in [-0.2, -0.15) is 11.8 Å². The lowest BCUT2D eigenvalue weighted by Gasteiger charge is -2.42. The number of rotatable bonds is 6. The number of carbonyl (C=O) groups excluding carboxylic acids is 2. The summed E-state index contributed by atoms with van der Waals surface area (Å²) in [6.07, 6.45) is 2.92. The van der Waals surface area contributed by atoms with Gasteiger partial charge in [-0.3, -0.25) is 9.59 Å². The van der Waals surface area contributed by atoms with Crippen molar-refractivity contribution in [2.45, 2.75) is 46.2 Å². The number of nitrogens with one attached hydrogen (secondary N) is 1. The maximum Gasteiger partial charge on any atom is 0.246 e. The van der Waals surface area contributed by atoms with Crippen LogP contribution in [0.1, 0.15) is 34.1 Å². The lowest BCUT2D eigenvalue weighted by molar-refractivity contribution is -0.152. The van der Waals surface area contributed by atoms with E-state index in [0.717, 1.165) is 12.2 Å². The Bertz CT molecular complexity index is 333. The maximum absolute atomic E-state index is 12.6. The Labute approximate surface area is 120 Å². The number of amides is 2. The number of piperazine rings is 1. The summed E-state index contributed by atoms with van der Waals surface area (Å²) in [5, 5.41) is 2.90. The highest BCUT2D eigenvalue weighted by Crippen LogP contribution is 2.22. The van der Waals surface area contributed by atoms with Crippen molar-refractivity contribution in [1.82, 2.24) is 10.2 Å². The van der Waals surface area contributed by atoms with Crippen LogP contribution < -0.4 is 5.32 Å². The smallest absolute Gasteiger partial charge is 0.246 e. The quantitative estimate of drug-likeness (QED) is 0.809. The molecule has 2 amide bonds. The van der Waals surface area contributed by atoms with Crippen LogP contribution >= 0.6 is 11.8 Å². The van der Waals surface area contributed by atoms with E-state index < -0.39 is 0 Å². The van der Waals surface area contributed by atoms with Gasteiger partial charge in [-0.15, -0.1) is 0 Å². The van der Waals surface area contributed by atoms with E-state index in [-0.39, 0.29) is 35.7 Å². The highest BCUT2D eigenvalue weighted by atomic mass is 32.2. The fourth-order valence-electron chi connectivity index (χ4n) is 2.44. The highest BCUT2D eigenvalue weighted by molar-refractivity contribution is 7.98. The molecule has 0 radical (unpaired) electrons. The molecule has 1 heterocycles. The predicted molar refractivity (Wildman–Crippen MR) is 80.1 cm³/mol. The molecule has 0 spiro atoms. The normalized spacial score (nSPS) is 25.7. The molecule has 0 aliphatic carbocycles. The van der Waals surface area contributed by atoms with Crippen LogP contribution in [-0.4, -0.2) is 47.4 Å². The summed E-state index contributed by atoms with van der Waals surface area (Å²) in [6, 6.07) is -0.672. The Morgan fingerprint density at radius 1 is 1.32 bits per heavy atom. The average molecular weight is 286 g/mol. The third-order valence-corrected chi connectivity index (χ3v) is 4.43. The van der Waals surface area contributed by atoms with E-state index in [9.17, 15) is 9.59 Å². The molecule has 0 aromatic rings. The molecular weight excluding hydrogens is 260 g/mol. The molecule has 1 N–H and O–H groups in total. The van der Waals surface area contributed by atoms with Crippen molar-refractivity contribution < 1.29 is 9.59 Å². The topological polar surface area (TPSA) is 49.4 Å². The minimum absolute atomic E-state index is 0.00810. The predicted octanol–water partition coefficient (Wildman–Crippen LogP) is 1.75. The minimum atomic E-state index is -0.366. The summed E-state index contributed by atoms with van der Waals surface area (Å²) in [5.41, 5.74) is 0. The van der Waals surface area contributed by atoms with E-state index in [1.54, 1.807) is 16.7 Å². The lowest BCUT2D eigenvalue weighted by Crippen LogP contribution is -2.66. The molecule has 4 nitrogen and oxygen atoms in total. The highest BCUT2D eigenvalue weighted by Gasteiger charge is 2.43. The molecule has 1 fully saturated rings. The molecule has 0 aromatic carbocycles. The Kier molecular flexibility index (Phi) is 6.17. The fourth-order valence-corrected chi connectivity index (χ4v) is 2.82. The van der Waals surface area contributed by atoms with Gasteiger partial charge in [0.2, 0.25) is 11.8 Å². The van der Waals surface area contributed by atoms with Gasteiger partial charge in [-0.1, -0.05) is 34.1 Å². The van der Waals surface area contributed by atoms with Crippen molar-refractivity contribution >= 4 is 23.6 Å². The monoisotopic (exact) mass is 286 g/mol. The first-order chi connectivity index (χ1) is 8.93. The molecule has 0 aromatic heterocycles. The third-order valence-electron chi connectivity index (χ3n) is 3.84. The molecule has 1 rings (SSSR count). The molecular formula is C14H26N2O2S. The van der Waals surface area contributed by atoms with E-state index in [1.165, 1.54) is 0 Å². The van der Waals surface area contributed by atoms with Gasteiger partial charge < -0.3 is 10.2 Å². The van der Waals surface area contributed by atoms with E-state index in [1.807, 2.05) is 27.0 Å². The first-order valence-corrected chi connectivity index (χ1v) is 8.43. The maximum atomic E-state index is 12.6. The zero-order chi connectivity index (χ0) is 14.6. The van der Waals surface area contributed by atoms with Gasteiger partial charge in [0.05, 0.1) is 0 Å². The second kappa shape index (κ2) is 7.17. The summed E-state index contributed by atoms with van der Waals surface area (Å²) in [5.74, 6) is 1.28. The van der Waals surface area contributed by atoms with Gasteiger partial charge in [0.1, 0.15) is 12.1 Å². The Hall–Kier alpha value is -0.710. The van der Waals surface area contributed by atoms with Gasteiger partial charge in [0, 0.05) is 12.3 Å². The number of hydrogen-bond acceptors (Lipinski definition) is 3. The van der Waals surface area contributed by atoms with Gasteiger partial charge >= 0.3 is 0 Å². The molecule has 3 unspecified atom stereocenters. The Morgan fingerprint density at radius 2 is 1.95 bits per heavy atom. The SMILES string of the molecule is CCC(C)C1C(=O)NC(C(C)C)C(=O)N1CCSC. The zero-order valence-corrected chi connectivity index (χ0v) is 13.4. The van der Waals surface area contributed by atoms with Crippen molar-refractivity contribution in [3.05, 3.63) is 0 Å². The van der Waals surface area contributed by atoms with E-state index >= 15 is 0 Å². The molecule has 0 bridgehead atoms. The lowest BCUT2D eigenvalue weighted by atomic mass is 9.90. The van der Waals surface area contributed by atoms with Crippen LogP contribution in [0.15, 0.2) is 0 Å². The number of hydrogen-bond donors (Lipinski definition) is 1. The zero-order valence-electron chi connectivity index (χ0n) is 12.6. The molecule has 1 aliphatic rings. The number of thioether (sulfide) groups is 1. The molecule has 3 atom stereocenters. The van der Waals surface area contributed by atoms with Crippen LogP contribution in [0.2, 0.25) is 0 Å². The third kappa shape index (κ3) is 3.65. The molecule has 5 heteroatoms. The largest absolute Gasteiger partial charge is 0.342 e. The van der Waals surface area contributed by atoms with Gasteiger partial charge in [-0.25, -0.2) is 0 Å². The first-order valence-electron chi connectivity index (χ1n) is 7.03. The number of nitrogens with zero attached hydrogens (tertiary/aromatic N) is 1. The summed E-state index contributed by atoms with van der Waals surface area (Å²) < 4.78 is 0. The van der Waals surface area contributed by atoms with E-state index in [0.29, 0.717) is 6.54 Å². The van der Waals surface area contributed by atoms with Crippen LogP contribution in [0.5, 0.6) is 0 Å². The van der Waals surface area contributed by atoms with Crippen LogP contribution in [0, 0.1) is 11.8 Å². The first kappa shape index (κ1) is 16.3. The standard InChI is InChI=1S/C14H26N2O2S/c1-6-10(4)12-13(17)15-11(9(2)3)14(18)16(12)7-8-19-5/h9-12H,6-8H2,1-5H3,(H,15,17). The van der Waals surface area contributed by atoms with Crippen molar-refractivity contribution in [1.29, 1.82) is 0 Å². The summed E-state index contributed by atoms with van der Waals surface area (Å²) in [6.45, 7) is 8.70. The van der Waals surface area contributed by atoms with Crippen molar-refractivity contribution in [3.8, 4) is 0 Å². The minimum Gasteiger partial charge on any atom is -0.342 e. The van der Waals surface area contributed by atoms with Crippen molar-refractivity contribution in [2.24, 2.45) is 11.8 Å².